The lowest BCUT2D eigenvalue weighted by molar-refractivity contribution is 0.530. The third kappa shape index (κ3) is 3.72. The Morgan fingerprint density at radius 3 is 2.79 bits per heavy atom. The van der Waals surface area contributed by atoms with E-state index in [1.54, 1.807) is 7.05 Å². The molecule has 2 aromatic rings. The molecule has 0 bridgehead atoms. The zero-order valence-corrected chi connectivity index (χ0v) is 14.8. The van der Waals surface area contributed by atoms with E-state index in [4.69, 9.17) is 4.42 Å². The van der Waals surface area contributed by atoms with Crippen LogP contribution in [-0.4, -0.2) is 39.5 Å². The number of hydrogen-bond donors (Lipinski definition) is 2. The lowest BCUT2D eigenvalue weighted by Gasteiger charge is -2.14. The van der Waals surface area contributed by atoms with Crippen LogP contribution in [0.3, 0.4) is 0 Å². The first-order chi connectivity index (χ1) is 11.5. The predicted molar refractivity (Wildman–Crippen MR) is 95.9 cm³/mol. The molecule has 24 heavy (non-hydrogen) atoms. The number of rotatable bonds is 4. The maximum absolute atomic E-state index is 11.5. The van der Waals surface area contributed by atoms with Gasteiger partial charge in [-0.1, -0.05) is 18.2 Å². The number of fused-ring (bicyclic) bond motifs is 1. The van der Waals surface area contributed by atoms with Crippen molar-refractivity contribution in [3.05, 3.63) is 35.6 Å². The van der Waals surface area contributed by atoms with Crippen LogP contribution in [0.25, 0.3) is 11.0 Å². The number of guanidine groups is 1. The molecule has 6 nitrogen and oxygen atoms in total. The van der Waals surface area contributed by atoms with Crippen molar-refractivity contribution in [1.29, 1.82) is 0 Å². The first-order valence-corrected chi connectivity index (χ1v) is 9.92. The van der Waals surface area contributed by atoms with Gasteiger partial charge in [-0.3, -0.25) is 4.99 Å². The summed E-state index contributed by atoms with van der Waals surface area (Å²) >= 11 is 0. The monoisotopic (exact) mass is 349 g/mol. The second-order valence-electron chi connectivity index (χ2n) is 6.22. The van der Waals surface area contributed by atoms with Gasteiger partial charge in [0.05, 0.1) is 18.1 Å². The number of aryl methyl sites for hydroxylation is 1. The van der Waals surface area contributed by atoms with Gasteiger partial charge in [0.1, 0.15) is 11.3 Å². The molecule has 7 heteroatoms. The summed E-state index contributed by atoms with van der Waals surface area (Å²) in [6.45, 7) is 3.18. The highest BCUT2D eigenvalue weighted by atomic mass is 32.2. The van der Waals surface area contributed by atoms with E-state index in [1.807, 2.05) is 31.2 Å². The normalized spacial score (nSPS) is 20.4. The van der Waals surface area contributed by atoms with E-state index in [-0.39, 0.29) is 11.7 Å². The highest BCUT2D eigenvalue weighted by Gasteiger charge is 2.27. The summed E-state index contributed by atoms with van der Waals surface area (Å²) < 4.78 is 28.9. The molecule has 1 aromatic carbocycles. The maximum Gasteiger partial charge on any atom is 0.191 e. The Labute approximate surface area is 142 Å². The van der Waals surface area contributed by atoms with Crippen molar-refractivity contribution in [3.63, 3.8) is 0 Å². The van der Waals surface area contributed by atoms with E-state index in [0.717, 1.165) is 28.7 Å². The second-order valence-corrected chi connectivity index (χ2v) is 8.45. The fraction of sp³-hybridized carbons (Fsp3) is 0.471. The largest absolute Gasteiger partial charge is 0.459 e. The lowest BCUT2D eigenvalue weighted by Crippen LogP contribution is -2.39. The fourth-order valence-corrected chi connectivity index (χ4v) is 4.91. The molecular weight excluding hydrogens is 326 g/mol. The highest BCUT2D eigenvalue weighted by molar-refractivity contribution is 7.91. The zero-order chi connectivity index (χ0) is 17.2. The molecule has 2 heterocycles. The second kappa shape index (κ2) is 6.84. The Hall–Kier alpha value is -2.02. The summed E-state index contributed by atoms with van der Waals surface area (Å²) in [5.41, 5.74) is 2.00. The average Bonchev–Trinajstić information content (AvgIpc) is 3.08. The van der Waals surface area contributed by atoms with E-state index >= 15 is 0 Å². The van der Waals surface area contributed by atoms with Gasteiger partial charge in [0.25, 0.3) is 0 Å². The predicted octanol–water partition coefficient (Wildman–Crippen LogP) is 1.84. The summed E-state index contributed by atoms with van der Waals surface area (Å²) in [4.78, 5) is 4.19. The SMILES string of the molecule is CN=C(NCc1oc2ccccc2c1C)NCC1CCS(=O)(=O)C1. The van der Waals surface area contributed by atoms with Crippen molar-refractivity contribution in [2.75, 3.05) is 25.1 Å². The van der Waals surface area contributed by atoms with Gasteiger partial charge in [0, 0.05) is 24.5 Å². The number of aliphatic imine (C=N–C) groups is 1. The van der Waals surface area contributed by atoms with Crippen molar-refractivity contribution in [1.82, 2.24) is 10.6 Å². The number of benzene rings is 1. The van der Waals surface area contributed by atoms with E-state index in [0.29, 0.717) is 24.8 Å². The zero-order valence-electron chi connectivity index (χ0n) is 14.0. The molecule has 2 N–H and O–H groups in total. The van der Waals surface area contributed by atoms with Crippen LogP contribution in [0.4, 0.5) is 0 Å². The van der Waals surface area contributed by atoms with Crippen LogP contribution in [0.15, 0.2) is 33.7 Å². The molecule has 3 rings (SSSR count). The van der Waals surface area contributed by atoms with E-state index in [2.05, 4.69) is 15.6 Å². The highest BCUT2D eigenvalue weighted by Crippen LogP contribution is 2.24. The van der Waals surface area contributed by atoms with E-state index in [1.165, 1.54) is 0 Å². The molecule has 1 saturated heterocycles. The van der Waals surface area contributed by atoms with Gasteiger partial charge in [-0.25, -0.2) is 8.42 Å². The van der Waals surface area contributed by atoms with Crippen LogP contribution in [0.2, 0.25) is 0 Å². The average molecular weight is 349 g/mol. The van der Waals surface area contributed by atoms with Crippen molar-refractivity contribution in [2.24, 2.45) is 10.9 Å². The molecule has 130 valence electrons. The van der Waals surface area contributed by atoms with Gasteiger partial charge >= 0.3 is 0 Å². The third-order valence-electron chi connectivity index (χ3n) is 4.47. The molecule has 1 fully saturated rings. The molecule has 0 spiro atoms. The molecule has 1 aliphatic heterocycles. The molecule has 1 aromatic heterocycles. The minimum atomic E-state index is -2.84. The molecule has 1 atom stereocenters. The van der Waals surface area contributed by atoms with E-state index < -0.39 is 9.84 Å². The first kappa shape index (κ1) is 16.8. The van der Waals surface area contributed by atoms with Crippen molar-refractivity contribution in [3.8, 4) is 0 Å². The minimum Gasteiger partial charge on any atom is -0.459 e. The van der Waals surface area contributed by atoms with Gasteiger partial charge in [-0.05, 0) is 25.3 Å². The summed E-state index contributed by atoms with van der Waals surface area (Å²) in [5, 5.41) is 7.55. The first-order valence-electron chi connectivity index (χ1n) is 8.10. The Bertz CT molecular complexity index is 855. The molecular formula is C17H23N3O3S. The summed E-state index contributed by atoms with van der Waals surface area (Å²) in [6, 6.07) is 7.96. The van der Waals surface area contributed by atoms with Crippen LogP contribution in [-0.2, 0) is 16.4 Å². The standard InChI is InChI=1S/C17H23N3O3S/c1-12-14-5-3-4-6-15(14)23-16(12)10-20-17(18-2)19-9-13-7-8-24(21,22)11-13/h3-6,13H,7-11H2,1-2H3,(H2,18,19,20). The summed E-state index contributed by atoms with van der Waals surface area (Å²) in [5.74, 6) is 2.24. The van der Waals surface area contributed by atoms with Crippen LogP contribution >= 0.6 is 0 Å². The number of para-hydroxylation sites is 1. The number of furan rings is 1. The molecule has 1 aliphatic rings. The fourth-order valence-electron chi connectivity index (χ4n) is 3.05. The van der Waals surface area contributed by atoms with Crippen molar-refractivity contribution >= 4 is 26.8 Å². The topological polar surface area (TPSA) is 83.7 Å². The molecule has 1 unspecified atom stereocenters. The van der Waals surface area contributed by atoms with Gasteiger partial charge in [-0.2, -0.15) is 0 Å². The lowest BCUT2D eigenvalue weighted by atomic mass is 10.1. The molecule has 0 radical (unpaired) electrons. The number of nitrogens with one attached hydrogen (secondary N) is 2. The summed E-state index contributed by atoms with van der Waals surface area (Å²) in [7, 11) is -1.14. The third-order valence-corrected chi connectivity index (χ3v) is 6.30. The quantitative estimate of drug-likeness (QED) is 0.650. The Balaban J connectivity index is 1.57. The maximum atomic E-state index is 11.5. The Kier molecular flexibility index (Phi) is 4.80. The van der Waals surface area contributed by atoms with Crippen LogP contribution in [0, 0.1) is 12.8 Å². The molecule has 0 aliphatic carbocycles. The molecule has 0 saturated carbocycles. The van der Waals surface area contributed by atoms with Crippen molar-refractivity contribution < 1.29 is 12.8 Å². The molecule has 0 amide bonds. The van der Waals surface area contributed by atoms with E-state index in [9.17, 15) is 8.42 Å². The summed E-state index contributed by atoms with van der Waals surface area (Å²) in [6.07, 6.45) is 0.717. The van der Waals surface area contributed by atoms with Crippen LogP contribution < -0.4 is 10.6 Å². The van der Waals surface area contributed by atoms with Crippen LogP contribution in [0.1, 0.15) is 17.7 Å². The number of hydrogen-bond acceptors (Lipinski definition) is 4. The number of nitrogens with zero attached hydrogens (tertiary/aromatic N) is 1. The van der Waals surface area contributed by atoms with Gasteiger partial charge in [0.2, 0.25) is 0 Å². The van der Waals surface area contributed by atoms with Crippen LogP contribution in [0.5, 0.6) is 0 Å². The van der Waals surface area contributed by atoms with Gasteiger partial charge in [0.15, 0.2) is 15.8 Å². The number of sulfone groups is 1. The minimum absolute atomic E-state index is 0.154. The smallest absolute Gasteiger partial charge is 0.191 e. The van der Waals surface area contributed by atoms with Gasteiger partial charge in [-0.15, -0.1) is 0 Å². The Morgan fingerprint density at radius 1 is 1.33 bits per heavy atom. The Morgan fingerprint density at radius 2 is 2.12 bits per heavy atom. The van der Waals surface area contributed by atoms with Crippen molar-refractivity contribution in [2.45, 2.75) is 19.9 Å². The van der Waals surface area contributed by atoms with Gasteiger partial charge < -0.3 is 15.1 Å².